The average Bonchev–Trinajstić information content (AvgIpc) is 2.08. The number of hydrogen-bond donors (Lipinski definition) is 0. The van der Waals surface area contributed by atoms with Gasteiger partial charge in [0, 0.05) is 0 Å². The standard InChI is InChI=1S/C7H8.2C3H7.Zn/c1-7-5-3-2-4-6-7;2*1-3-2;/h2-6H,1H3;2*3H,1-2H3;/q;2*-1;+2. The van der Waals surface area contributed by atoms with Crippen LogP contribution in [-0.2, 0) is 19.5 Å². The average molecular weight is 244 g/mol. The number of aryl methyl sites for hydroxylation is 1. The van der Waals surface area contributed by atoms with Crippen LogP contribution in [0.3, 0.4) is 0 Å². The second-order valence-electron chi connectivity index (χ2n) is 2.81. The van der Waals surface area contributed by atoms with Gasteiger partial charge < -0.3 is 12.8 Å². The molecule has 0 bridgehead atoms. The molecule has 0 unspecified atom stereocenters. The van der Waals surface area contributed by atoms with Gasteiger partial charge in [0.15, 0.2) is 0 Å². The summed E-state index contributed by atoms with van der Waals surface area (Å²) in [4.78, 5) is 0. The largest absolute Gasteiger partial charge is 2.00 e. The van der Waals surface area contributed by atoms with Gasteiger partial charge in [0.1, 0.15) is 0 Å². The molecule has 0 N–H and O–H groups in total. The maximum absolute atomic E-state index is 2.08. The zero-order chi connectivity index (χ0) is 10.5. The molecule has 76 valence electrons. The molecule has 0 saturated heterocycles. The molecule has 0 spiro atoms. The Balaban J connectivity index is -0.000000150. The summed E-state index contributed by atoms with van der Waals surface area (Å²) in [7, 11) is 0. The molecule has 1 aromatic rings. The van der Waals surface area contributed by atoms with E-state index in [2.05, 4.69) is 19.1 Å². The number of benzene rings is 1. The van der Waals surface area contributed by atoms with Crippen LogP contribution in [0, 0.1) is 19.8 Å². The number of rotatable bonds is 0. The van der Waals surface area contributed by atoms with E-state index >= 15 is 0 Å². The normalized spacial score (nSPS) is 6.93. The predicted molar refractivity (Wildman–Crippen MR) is 62.5 cm³/mol. The third-order valence-electron chi connectivity index (χ3n) is 0.940. The van der Waals surface area contributed by atoms with Crippen molar-refractivity contribution in [3.8, 4) is 0 Å². The van der Waals surface area contributed by atoms with Crippen LogP contribution in [0.15, 0.2) is 30.3 Å². The molecule has 1 heteroatoms. The van der Waals surface area contributed by atoms with Crippen molar-refractivity contribution in [3.05, 3.63) is 48.7 Å². The molecule has 0 saturated carbocycles. The third kappa shape index (κ3) is 22.6. The van der Waals surface area contributed by atoms with Gasteiger partial charge in [-0.1, -0.05) is 35.9 Å². The maximum Gasteiger partial charge on any atom is 2.00 e. The molecule has 0 nitrogen and oxygen atoms in total. The fourth-order valence-corrected chi connectivity index (χ4v) is 0.534. The van der Waals surface area contributed by atoms with Gasteiger partial charge >= 0.3 is 19.5 Å². The van der Waals surface area contributed by atoms with Crippen molar-refractivity contribution in [2.24, 2.45) is 0 Å². The van der Waals surface area contributed by atoms with Crippen LogP contribution in [0.5, 0.6) is 0 Å². The molecule has 0 aliphatic rings. The van der Waals surface area contributed by atoms with Crippen LogP contribution in [-0.4, -0.2) is 0 Å². The Labute approximate surface area is 103 Å². The zero-order valence-electron chi connectivity index (χ0n) is 10.2. The topological polar surface area (TPSA) is 0 Å². The summed E-state index contributed by atoms with van der Waals surface area (Å²) < 4.78 is 0. The Morgan fingerprint density at radius 2 is 1.07 bits per heavy atom. The van der Waals surface area contributed by atoms with Crippen molar-refractivity contribution in [3.63, 3.8) is 0 Å². The van der Waals surface area contributed by atoms with Gasteiger partial charge in [-0.15, -0.1) is 0 Å². The predicted octanol–water partition coefficient (Wildman–Crippen LogP) is 4.45. The first-order chi connectivity index (χ1) is 6.22. The molecule has 0 aliphatic carbocycles. The van der Waals surface area contributed by atoms with Crippen LogP contribution < -0.4 is 0 Å². The van der Waals surface area contributed by atoms with Crippen LogP contribution in [0.2, 0.25) is 0 Å². The molecule has 0 aromatic heterocycles. The van der Waals surface area contributed by atoms with Crippen molar-refractivity contribution < 1.29 is 19.5 Å². The van der Waals surface area contributed by atoms with Gasteiger partial charge in [-0.25, -0.2) is 0 Å². The minimum atomic E-state index is 0. The van der Waals surface area contributed by atoms with E-state index in [-0.39, 0.29) is 19.5 Å². The van der Waals surface area contributed by atoms with Gasteiger partial charge in [-0.05, 0) is 6.92 Å². The Kier molecular flexibility index (Phi) is 25.8. The maximum atomic E-state index is 2.08. The van der Waals surface area contributed by atoms with Crippen LogP contribution in [0.4, 0.5) is 0 Å². The first-order valence-electron chi connectivity index (χ1n) is 4.72. The van der Waals surface area contributed by atoms with Gasteiger partial charge in [0.05, 0.1) is 0 Å². The van der Waals surface area contributed by atoms with Gasteiger partial charge in [-0.2, -0.15) is 27.7 Å². The summed E-state index contributed by atoms with van der Waals surface area (Å²) in [5, 5.41) is 0. The fourth-order valence-electron chi connectivity index (χ4n) is 0.534. The van der Waals surface area contributed by atoms with E-state index < -0.39 is 0 Å². The minimum absolute atomic E-state index is 0. The Morgan fingerprint density at radius 1 is 0.786 bits per heavy atom. The summed E-state index contributed by atoms with van der Waals surface area (Å²) in [5.41, 5.74) is 1.32. The SMILES string of the molecule is C[CH-]C.C[CH-]C.Cc1ccccc1.[Zn+2]. The van der Waals surface area contributed by atoms with Crippen LogP contribution >= 0.6 is 0 Å². The van der Waals surface area contributed by atoms with Gasteiger partial charge in [-0.3, -0.25) is 0 Å². The summed E-state index contributed by atoms with van der Waals surface area (Å²) in [6.45, 7) is 10.1. The van der Waals surface area contributed by atoms with E-state index in [1.807, 2.05) is 58.7 Å². The van der Waals surface area contributed by atoms with Crippen LogP contribution in [0.1, 0.15) is 33.3 Å². The van der Waals surface area contributed by atoms with E-state index in [0.29, 0.717) is 0 Å². The molecule has 1 rings (SSSR count). The summed E-state index contributed by atoms with van der Waals surface area (Å²) in [6, 6.07) is 10.3. The molecule has 0 heterocycles. The van der Waals surface area contributed by atoms with E-state index in [0.717, 1.165) is 0 Å². The fraction of sp³-hybridized carbons (Fsp3) is 0.385. The van der Waals surface area contributed by atoms with E-state index in [9.17, 15) is 0 Å². The molecule has 0 fully saturated rings. The first kappa shape index (κ1) is 19.4. The minimum Gasteiger partial charge on any atom is -0.335 e. The monoisotopic (exact) mass is 242 g/mol. The molecule has 0 radical (unpaired) electrons. The second kappa shape index (κ2) is 18.6. The van der Waals surface area contributed by atoms with Crippen molar-refractivity contribution in [2.75, 3.05) is 0 Å². The molecule has 1 aromatic carbocycles. The molecular formula is C13H22Zn. The molecule has 0 atom stereocenters. The van der Waals surface area contributed by atoms with E-state index in [1.165, 1.54) is 5.56 Å². The van der Waals surface area contributed by atoms with Crippen molar-refractivity contribution in [1.29, 1.82) is 0 Å². The number of hydrogen-bond acceptors (Lipinski definition) is 0. The quantitative estimate of drug-likeness (QED) is 0.466. The molecule has 0 aliphatic heterocycles. The van der Waals surface area contributed by atoms with Crippen LogP contribution in [0.25, 0.3) is 0 Å². The van der Waals surface area contributed by atoms with E-state index in [1.54, 1.807) is 0 Å². The Morgan fingerprint density at radius 3 is 1.21 bits per heavy atom. The summed E-state index contributed by atoms with van der Waals surface area (Å²) in [5.74, 6) is 0. The van der Waals surface area contributed by atoms with Crippen molar-refractivity contribution in [2.45, 2.75) is 34.6 Å². The Hall–Kier alpha value is -0.157. The van der Waals surface area contributed by atoms with Crippen molar-refractivity contribution >= 4 is 0 Å². The molecular weight excluding hydrogens is 222 g/mol. The van der Waals surface area contributed by atoms with Gasteiger partial charge in [0.2, 0.25) is 0 Å². The third-order valence-corrected chi connectivity index (χ3v) is 0.940. The van der Waals surface area contributed by atoms with Gasteiger partial charge in [0.25, 0.3) is 0 Å². The smallest absolute Gasteiger partial charge is 0.335 e. The summed E-state index contributed by atoms with van der Waals surface area (Å²) in [6.07, 6.45) is 4.00. The second-order valence-corrected chi connectivity index (χ2v) is 2.81. The molecule has 0 amide bonds. The summed E-state index contributed by atoms with van der Waals surface area (Å²) >= 11 is 0. The zero-order valence-corrected chi connectivity index (χ0v) is 13.2. The molecule has 14 heavy (non-hydrogen) atoms. The first-order valence-corrected chi connectivity index (χ1v) is 4.72. The van der Waals surface area contributed by atoms with E-state index in [4.69, 9.17) is 0 Å². The Bertz CT molecular complexity index is 156. The van der Waals surface area contributed by atoms with Crippen molar-refractivity contribution in [1.82, 2.24) is 0 Å².